The first kappa shape index (κ1) is 14.0. The Bertz CT molecular complexity index is 413. The number of carbonyl (C=O) groups is 1. The summed E-state index contributed by atoms with van der Waals surface area (Å²) in [6.07, 6.45) is 2.57. The van der Waals surface area contributed by atoms with Gasteiger partial charge in [-0.2, -0.15) is 17.0 Å². The zero-order valence-corrected chi connectivity index (χ0v) is 11.9. The van der Waals surface area contributed by atoms with Crippen molar-refractivity contribution in [3.63, 3.8) is 0 Å². The number of piperidine rings is 2. The molecule has 0 bridgehead atoms. The van der Waals surface area contributed by atoms with Crippen molar-refractivity contribution in [2.75, 3.05) is 19.6 Å². The van der Waals surface area contributed by atoms with E-state index in [4.69, 9.17) is 0 Å². The minimum absolute atomic E-state index is 0.168. The molecule has 0 aromatic carbocycles. The van der Waals surface area contributed by atoms with Crippen LogP contribution in [0.2, 0.25) is 0 Å². The van der Waals surface area contributed by atoms with Crippen LogP contribution < -0.4 is 0 Å². The summed E-state index contributed by atoms with van der Waals surface area (Å²) in [5.41, 5.74) is 0. The monoisotopic (exact) mass is 274 g/mol. The molecule has 6 heteroatoms. The summed E-state index contributed by atoms with van der Waals surface area (Å²) >= 11 is 0. The smallest absolute Gasteiger partial charge is 0.282 e. The number of nitrogens with zero attached hydrogens (tertiary/aromatic N) is 2. The molecule has 1 unspecified atom stereocenters. The minimum Gasteiger partial charge on any atom is -0.300 e. The minimum atomic E-state index is -3.37. The molecular weight excluding hydrogens is 252 g/mol. The Morgan fingerprint density at radius 3 is 2.28 bits per heavy atom. The Morgan fingerprint density at radius 1 is 1.11 bits per heavy atom. The molecule has 0 N–H and O–H groups in total. The molecule has 0 spiro atoms. The van der Waals surface area contributed by atoms with Crippen molar-refractivity contribution >= 4 is 16.0 Å². The third kappa shape index (κ3) is 2.75. The van der Waals surface area contributed by atoms with Gasteiger partial charge in [0, 0.05) is 38.5 Å². The lowest BCUT2D eigenvalue weighted by molar-refractivity contribution is -0.121. The Hall–Kier alpha value is -0.460. The maximum Gasteiger partial charge on any atom is 0.282 e. The van der Waals surface area contributed by atoms with E-state index in [2.05, 4.69) is 6.92 Å². The van der Waals surface area contributed by atoms with Crippen molar-refractivity contribution in [3.8, 4) is 0 Å². The van der Waals surface area contributed by atoms with Crippen molar-refractivity contribution < 1.29 is 13.2 Å². The fraction of sp³-hybridized carbons (Fsp3) is 0.917. The Balaban J connectivity index is 2.08. The van der Waals surface area contributed by atoms with Crippen LogP contribution in [0.1, 0.15) is 39.5 Å². The van der Waals surface area contributed by atoms with Crippen LogP contribution in [0.4, 0.5) is 0 Å². The van der Waals surface area contributed by atoms with Crippen LogP contribution in [-0.4, -0.2) is 48.5 Å². The van der Waals surface area contributed by atoms with Crippen LogP contribution in [0, 0.1) is 5.92 Å². The maximum atomic E-state index is 12.5. The van der Waals surface area contributed by atoms with Crippen LogP contribution in [0.3, 0.4) is 0 Å². The molecular formula is C12H22N2O3S. The van der Waals surface area contributed by atoms with Crippen molar-refractivity contribution in [1.82, 2.24) is 8.61 Å². The van der Waals surface area contributed by atoms with E-state index in [0.29, 0.717) is 38.4 Å². The van der Waals surface area contributed by atoms with Crippen molar-refractivity contribution in [2.24, 2.45) is 5.92 Å². The number of hydrogen-bond donors (Lipinski definition) is 0. The first-order valence-corrected chi connectivity index (χ1v) is 8.09. The first-order valence-electron chi connectivity index (χ1n) is 6.70. The second kappa shape index (κ2) is 5.27. The van der Waals surface area contributed by atoms with Gasteiger partial charge < -0.3 is 0 Å². The van der Waals surface area contributed by atoms with E-state index in [1.165, 1.54) is 4.31 Å². The number of rotatable bonds is 2. The van der Waals surface area contributed by atoms with Gasteiger partial charge in [-0.1, -0.05) is 6.92 Å². The van der Waals surface area contributed by atoms with Gasteiger partial charge in [0.05, 0.1) is 0 Å². The summed E-state index contributed by atoms with van der Waals surface area (Å²) in [6.45, 7) is 5.54. The van der Waals surface area contributed by atoms with Gasteiger partial charge in [-0.05, 0) is 25.7 Å². The van der Waals surface area contributed by atoms with Gasteiger partial charge in [0.2, 0.25) is 0 Å². The maximum absolute atomic E-state index is 12.5. The average Bonchev–Trinajstić information content (AvgIpc) is 2.29. The van der Waals surface area contributed by atoms with E-state index in [1.54, 1.807) is 4.31 Å². The second-order valence-electron chi connectivity index (χ2n) is 5.54. The fourth-order valence-electron chi connectivity index (χ4n) is 2.70. The van der Waals surface area contributed by atoms with Gasteiger partial charge in [-0.3, -0.25) is 4.79 Å². The number of ketones is 1. The molecule has 2 saturated heterocycles. The van der Waals surface area contributed by atoms with Gasteiger partial charge in [-0.15, -0.1) is 0 Å². The molecule has 18 heavy (non-hydrogen) atoms. The van der Waals surface area contributed by atoms with E-state index >= 15 is 0 Å². The summed E-state index contributed by atoms with van der Waals surface area (Å²) in [6, 6.07) is -0.199. The Kier molecular flexibility index (Phi) is 4.08. The molecule has 0 radical (unpaired) electrons. The molecule has 104 valence electrons. The lowest BCUT2D eigenvalue weighted by atomic mass is 10.0. The molecule has 0 aliphatic carbocycles. The van der Waals surface area contributed by atoms with Crippen molar-refractivity contribution in [1.29, 1.82) is 0 Å². The molecule has 0 amide bonds. The molecule has 1 atom stereocenters. The van der Waals surface area contributed by atoms with Crippen LogP contribution in [0.25, 0.3) is 0 Å². The normalized spacial score (nSPS) is 29.7. The average molecular weight is 274 g/mol. The number of Topliss-reactive ketones (excluding diaryl/α,β-unsaturated/α-hetero) is 1. The molecule has 2 rings (SSSR count). The highest BCUT2D eigenvalue weighted by molar-refractivity contribution is 7.86. The third-order valence-corrected chi connectivity index (χ3v) is 6.14. The molecule has 2 aliphatic rings. The van der Waals surface area contributed by atoms with E-state index in [1.807, 2.05) is 6.92 Å². The molecule has 5 nitrogen and oxygen atoms in total. The standard InChI is InChI=1S/C12H22N2O3S/c1-10-3-6-13(7-4-10)18(16,17)14-8-5-12(15)9-11(14)2/h10-11H,3-9H2,1-2H3. The van der Waals surface area contributed by atoms with E-state index in [9.17, 15) is 13.2 Å². The van der Waals surface area contributed by atoms with Crippen molar-refractivity contribution in [3.05, 3.63) is 0 Å². The van der Waals surface area contributed by atoms with Crippen LogP contribution >= 0.6 is 0 Å². The van der Waals surface area contributed by atoms with Gasteiger partial charge in [-0.25, -0.2) is 0 Å². The lowest BCUT2D eigenvalue weighted by Crippen LogP contribution is -2.52. The number of carbonyl (C=O) groups excluding carboxylic acids is 1. The zero-order chi connectivity index (χ0) is 13.3. The summed E-state index contributed by atoms with van der Waals surface area (Å²) < 4.78 is 28.1. The Morgan fingerprint density at radius 2 is 1.72 bits per heavy atom. The fourth-order valence-corrected chi connectivity index (χ4v) is 4.52. The summed E-state index contributed by atoms with van der Waals surface area (Å²) in [5.74, 6) is 0.776. The summed E-state index contributed by atoms with van der Waals surface area (Å²) in [7, 11) is -3.37. The summed E-state index contributed by atoms with van der Waals surface area (Å²) in [4.78, 5) is 11.3. The van der Waals surface area contributed by atoms with E-state index in [-0.39, 0.29) is 11.8 Å². The zero-order valence-electron chi connectivity index (χ0n) is 11.1. The highest BCUT2D eigenvalue weighted by atomic mass is 32.2. The van der Waals surface area contributed by atoms with E-state index in [0.717, 1.165) is 12.8 Å². The largest absolute Gasteiger partial charge is 0.300 e. The van der Waals surface area contributed by atoms with Gasteiger partial charge >= 0.3 is 0 Å². The molecule has 2 heterocycles. The van der Waals surface area contributed by atoms with E-state index < -0.39 is 10.2 Å². The van der Waals surface area contributed by atoms with Crippen LogP contribution in [-0.2, 0) is 15.0 Å². The molecule has 2 aliphatic heterocycles. The first-order chi connectivity index (χ1) is 8.41. The van der Waals surface area contributed by atoms with Gasteiger partial charge in [0.15, 0.2) is 0 Å². The van der Waals surface area contributed by atoms with Crippen LogP contribution in [0.5, 0.6) is 0 Å². The topological polar surface area (TPSA) is 57.7 Å². The van der Waals surface area contributed by atoms with Gasteiger partial charge in [0.25, 0.3) is 10.2 Å². The molecule has 0 saturated carbocycles. The number of hydrogen-bond acceptors (Lipinski definition) is 3. The van der Waals surface area contributed by atoms with Crippen molar-refractivity contribution in [2.45, 2.75) is 45.6 Å². The van der Waals surface area contributed by atoms with Gasteiger partial charge in [0.1, 0.15) is 5.78 Å². The predicted octanol–water partition coefficient (Wildman–Crippen LogP) is 1.02. The molecule has 2 fully saturated rings. The Labute approximate surface area is 109 Å². The summed E-state index contributed by atoms with van der Waals surface area (Å²) in [5, 5.41) is 0. The SMILES string of the molecule is CC1CCN(S(=O)(=O)N2CCC(=O)CC2C)CC1. The highest BCUT2D eigenvalue weighted by Crippen LogP contribution is 2.25. The quantitative estimate of drug-likeness (QED) is 0.755. The molecule has 0 aromatic heterocycles. The van der Waals surface area contributed by atoms with Crippen LogP contribution in [0.15, 0.2) is 0 Å². The lowest BCUT2D eigenvalue weighted by Gasteiger charge is -2.38. The predicted molar refractivity (Wildman–Crippen MR) is 69.3 cm³/mol. The molecule has 0 aromatic rings. The third-order valence-electron chi connectivity index (χ3n) is 3.99. The highest BCUT2D eigenvalue weighted by Gasteiger charge is 2.37. The second-order valence-corrected chi connectivity index (χ2v) is 7.42.